The molecule has 0 spiro atoms. The molecule has 1 rings (SSSR count). The maximum absolute atomic E-state index is 13.0. The van der Waals surface area contributed by atoms with Gasteiger partial charge in [0.25, 0.3) is 0 Å². The van der Waals surface area contributed by atoms with E-state index in [1.54, 1.807) is 13.0 Å². The third-order valence-electron chi connectivity index (χ3n) is 2.06. The van der Waals surface area contributed by atoms with Gasteiger partial charge in [-0.2, -0.15) is 0 Å². The van der Waals surface area contributed by atoms with Gasteiger partial charge in [-0.25, -0.2) is 4.39 Å². The summed E-state index contributed by atoms with van der Waals surface area (Å²) in [6.45, 7) is 3.74. The van der Waals surface area contributed by atoms with Gasteiger partial charge in [0.15, 0.2) is 0 Å². The summed E-state index contributed by atoms with van der Waals surface area (Å²) in [5.41, 5.74) is 7.29. The lowest BCUT2D eigenvalue weighted by atomic mass is 10.0. The minimum Gasteiger partial charge on any atom is -0.324 e. The summed E-state index contributed by atoms with van der Waals surface area (Å²) in [5, 5.41) is 0. The van der Waals surface area contributed by atoms with Crippen molar-refractivity contribution in [2.45, 2.75) is 26.3 Å². The normalized spacial score (nSPS) is 12.0. The van der Waals surface area contributed by atoms with Crippen molar-refractivity contribution >= 4 is 12.4 Å². The summed E-state index contributed by atoms with van der Waals surface area (Å²) < 4.78 is 13.0. The summed E-state index contributed by atoms with van der Waals surface area (Å²) in [4.78, 5) is 0. The van der Waals surface area contributed by atoms with E-state index >= 15 is 0 Å². The van der Waals surface area contributed by atoms with E-state index in [1.165, 1.54) is 6.07 Å². The molecule has 0 heterocycles. The van der Waals surface area contributed by atoms with Gasteiger partial charge in [0.2, 0.25) is 0 Å². The third-order valence-corrected chi connectivity index (χ3v) is 2.06. The molecule has 0 aliphatic carbocycles. The Morgan fingerprint density at radius 1 is 1.46 bits per heavy atom. The van der Waals surface area contributed by atoms with Crippen LogP contribution in [0.4, 0.5) is 4.39 Å². The predicted molar refractivity (Wildman–Crippen MR) is 55.6 cm³/mol. The van der Waals surface area contributed by atoms with Gasteiger partial charge in [-0.15, -0.1) is 12.4 Å². The minimum atomic E-state index is -0.170. The molecule has 1 aromatic carbocycles. The second-order valence-electron chi connectivity index (χ2n) is 3.02. The number of hydrogen-bond donors (Lipinski definition) is 1. The van der Waals surface area contributed by atoms with Crippen molar-refractivity contribution in [2.75, 3.05) is 0 Å². The van der Waals surface area contributed by atoms with Crippen LogP contribution in [0.25, 0.3) is 0 Å². The van der Waals surface area contributed by atoms with E-state index in [4.69, 9.17) is 5.73 Å². The van der Waals surface area contributed by atoms with Gasteiger partial charge in [0.05, 0.1) is 0 Å². The van der Waals surface area contributed by atoms with Crippen molar-refractivity contribution in [3.05, 3.63) is 35.1 Å². The standard InChI is InChI=1S/C10H14FN.ClH/c1-3-10(12)8-5-4-7(2)9(11)6-8;/h4-6,10H,3,12H2,1-2H3;1H/t10-;/m1./s1. The molecule has 0 unspecified atom stereocenters. The lowest BCUT2D eigenvalue weighted by Gasteiger charge is -2.09. The van der Waals surface area contributed by atoms with Gasteiger partial charge in [0.1, 0.15) is 5.82 Å². The van der Waals surface area contributed by atoms with Crippen LogP contribution < -0.4 is 5.73 Å². The Labute approximate surface area is 84.5 Å². The molecule has 0 aliphatic rings. The van der Waals surface area contributed by atoms with E-state index < -0.39 is 0 Å². The molecule has 0 radical (unpaired) electrons. The van der Waals surface area contributed by atoms with E-state index in [2.05, 4.69) is 0 Å². The summed E-state index contributed by atoms with van der Waals surface area (Å²) in [6, 6.07) is 5.12. The monoisotopic (exact) mass is 203 g/mol. The Morgan fingerprint density at radius 2 is 2.08 bits per heavy atom. The van der Waals surface area contributed by atoms with Gasteiger partial charge in [-0.05, 0) is 30.5 Å². The van der Waals surface area contributed by atoms with Gasteiger partial charge in [-0.1, -0.05) is 19.1 Å². The smallest absolute Gasteiger partial charge is 0.126 e. The Bertz CT molecular complexity index is 276. The van der Waals surface area contributed by atoms with Crippen molar-refractivity contribution in [1.29, 1.82) is 0 Å². The molecule has 0 aromatic heterocycles. The number of halogens is 2. The van der Waals surface area contributed by atoms with Crippen LogP contribution in [0, 0.1) is 12.7 Å². The van der Waals surface area contributed by atoms with Gasteiger partial charge in [-0.3, -0.25) is 0 Å². The van der Waals surface area contributed by atoms with E-state index in [1.807, 2.05) is 13.0 Å². The molecule has 13 heavy (non-hydrogen) atoms. The number of hydrogen-bond acceptors (Lipinski definition) is 1. The zero-order chi connectivity index (χ0) is 9.14. The Morgan fingerprint density at radius 3 is 2.54 bits per heavy atom. The van der Waals surface area contributed by atoms with Crippen molar-refractivity contribution in [3.63, 3.8) is 0 Å². The van der Waals surface area contributed by atoms with E-state index in [0.29, 0.717) is 5.56 Å². The highest BCUT2D eigenvalue weighted by atomic mass is 35.5. The van der Waals surface area contributed by atoms with Crippen LogP contribution in [0.2, 0.25) is 0 Å². The maximum atomic E-state index is 13.0. The zero-order valence-electron chi connectivity index (χ0n) is 7.88. The first kappa shape index (κ1) is 12.4. The highest BCUT2D eigenvalue weighted by Crippen LogP contribution is 2.16. The molecular weight excluding hydrogens is 189 g/mol. The molecule has 1 aromatic rings. The fourth-order valence-electron chi connectivity index (χ4n) is 1.08. The van der Waals surface area contributed by atoms with Crippen molar-refractivity contribution in [3.8, 4) is 0 Å². The topological polar surface area (TPSA) is 26.0 Å². The van der Waals surface area contributed by atoms with Crippen LogP contribution in [0.5, 0.6) is 0 Å². The van der Waals surface area contributed by atoms with Gasteiger partial charge in [0, 0.05) is 6.04 Å². The summed E-state index contributed by atoms with van der Waals surface area (Å²) in [7, 11) is 0. The molecule has 1 atom stereocenters. The average Bonchev–Trinajstić information content (AvgIpc) is 2.08. The molecule has 0 fully saturated rings. The Kier molecular flexibility index (Phi) is 4.96. The molecular formula is C10H15ClFN. The van der Waals surface area contributed by atoms with Crippen LogP contribution >= 0.6 is 12.4 Å². The van der Waals surface area contributed by atoms with Crippen LogP contribution in [0.15, 0.2) is 18.2 Å². The van der Waals surface area contributed by atoms with E-state index in [-0.39, 0.29) is 24.3 Å². The molecule has 74 valence electrons. The SMILES string of the molecule is CC[C@@H](N)c1ccc(C)c(F)c1.Cl. The molecule has 0 aliphatic heterocycles. The Balaban J connectivity index is 0.00000144. The second-order valence-corrected chi connectivity index (χ2v) is 3.02. The first-order valence-corrected chi connectivity index (χ1v) is 4.16. The molecule has 0 bridgehead atoms. The summed E-state index contributed by atoms with van der Waals surface area (Å²) >= 11 is 0. The van der Waals surface area contributed by atoms with E-state index in [0.717, 1.165) is 12.0 Å². The first-order chi connectivity index (χ1) is 5.65. The first-order valence-electron chi connectivity index (χ1n) is 4.16. The lowest BCUT2D eigenvalue weighted by molar-refractivity contribution is 0.608. The number of rotatable bonds is 2. The third kappa shape index (κ3) is 2.98. The summed E-state index contributed by atoms with van der Waals surface area (Å²) in [6.07, 6.45) is 0.836. The van der Waals surface area contributed by atoms with Gasteiger partial charge < -0.3 is 5.73 Å². The van der Waals surface area contributed by atoms with Gasteiger partial charge >= 0.3 is 0 Å². The fraction of sp³-hybridized carbons (Fsp3) is 0.400. The quantitative estimate of drug-likeness (QED) is 0.786. The van der Waals surface area contributed by atoms with E-state index in [9.17, 15) is 4.39 Å². The molecule has 3 heteroatoms. The zero-order valence-corrected chi connectivity index (χ0v) is 8.70. The largest absolute Gasteiger partial charge is 0.324 e. The molecule has 2 N–H and O–H groups in total. The molecule has 0 saturated carbocycles. The number of aryl methyl sites for hydroxylation is 1. The van der Waals surface area contributed by atoms with Crippen molar-refractivity contribution < 1.29 is 4.39 Å². The second kappa shape index (κ2) is 5.20. The van der Waals surface area contributed by atoms with Crippen molar-refractivity contribution in [2.24, 2.45) is 5.73 Å². The van der Waals surface area contributed by atoms with Crippen LogP contribution in [0.3, 0.4) is 0 Å². The average molecular weight is 204 g/mol. The maximum Gasteiger partial charge on any atom is 0.126 e. The van der Waals surface area contributed by atoms with Crippen molar-refractivity contribution in [1.82, 2.24) is 0 Å². The Hall–Kier alpha value is -0.600. The minimum absolute atomic E-state index is 0. The fourth-order valence-corrected chi connectivity index (χ4v) is 1.08. The predicted octanol–water partition coefficient (Wildman–Crippen LogP) is 2.97. The highest BCUT2D eigenvalue weighted by Gasteiger charge is 2.04. The molecule has 1 nitrogen and oxygen atoms in total. The number of benzene rings is 1. The highest BCUT2D eigenvalue weighted by molar-refractivity contribution is 5.85. The van der Waals surface area contributed by atoms with Crippen LogP contribution in [-0.2, 0) is 0 Å². The van der Waals surface area contributed by atoms with Crippen LogP contribution in [0.1, 0.15) is 30.5 Å². The molecule has 0 amide bonds. The molecule has 0 saturated heterocycles. The lowest BCUT2D eigenvalue weighted by Crippen LogP contribution is -2.08. The summed E-state index contributed by atoms with van der Waals surface area (Å²) in [5.74, 6) is -0.170. The number of nitrogens with two attached hydrogens (primary N) is 1. The van der Waals surface area contributed by atoms with Crippen LogP contribution in [-0.4, -0.2) is 0 Å².